The van der Waals surface area contributed by atoms with E-state index in [9.17, 15) is 15.8 Å². The van der Waals surface area contributed by atoms with Crippen molar-refractivity contribution in [2.24, 2.45) is 0 Å². The molecule has 5 nitrogen and oxygen atoms in total. The van der Waals surface area contributed by atoms with Gasteiger partial charge in [-0.25, -0.2) is 0 Å². The summed E-state index contributed by atoms with van der Waals surface area (Å²) in [4.78, 5) is 0. The van der Waals surface area contributed by atoms with Crippen LogP contribution in [-0.4, -0.2) is 9.13 Å². The van der Waals surface area contributed by atoms with E-state index in [4.69, 9.17) is 0 Å². The number of nitrogens with zero attached hydrogens (tertiary/aromatic N) is 5. The Bertz CT molecular complexity index is 3740. The smallest absolute Gasteiger partial charge is 0.103 e. The van der Waals surface area contributed by atoms with Crippen molar-refractivity contribution < 1.29 is 0 Å². The molecule has 290 valence electrons. The minimum absolute atomic E-state index is 0.270. The molecule has 1 aliphatic carbocycles. The Hall–Kier alpha value is -8.95. The van der Waals surface area contributed by atoms with E-state index in [1.165, 1.54) is 27.8 Å². The van der Waals surface area contributed by atoms with Crippen LogP contribution >= 0.6 is 0 Å². The summed E-state index contributed by atoms with van der Waals surface area (Å²) >= 11 is 0. The maximum absolute atomic E-state index is 11.1. The van der Waals surface area contributed by atoms with Crippen LogP contribution in [0.3, 0.4) is 0 Å². The third kappa shape index (κ3) is 4.95. The summed E-state index contributed by atoms with van der Waals surface area (Å²) in [5.41, 5.74) is 14.1. The number of fused-ring (bicyclic) bond motifs is 9. The number of hydrogen-bond donors (Lipinski definition) is 0. The fraction of sp³-hybridized carbons (Fsp3) is 0.0172. The lowest BCUT2D eigenvalue weighted by atomic mass is 9.67. The number of rotatable bonds is 5. The van der Waals surface area contributed by atoms with Gasteiger partial charge in [0.1, 0.15) is 12.1 Å². The fourth-order valence-electron chi connectivity index (χ4n) is 10.6. The van der Waals surface area contributed by atoms with Gasteiger partial charge in [0, 0.05) is 32.7 Å². The quantitative estimate of drug-likeness (QED) is 0.174. The molecule has 0 N–H and O–H groups in total. The molecule has 0 saturated heterocycles. The zero-order valence-electron chi connectivity index (χ0n) is 33.8. The monoisotopic (exact) mass is 799 g/mol. The molecule has 0 atom stereocenters. The Kier molecular flexibility index (Phi) is 7.87. The maximum atomic E-state index is 11.1. The van der Waals surface area contributed by atoms with Gasteiger partial charge < -0.3 is 9.13 Å². The van der Waals surface area contributed by atoms with Crippen molar-refractivity contribution in [2.45, 2.75) is 5.41 Å². The van der Waals surface area contributed by atoms with E-state index in [0.29, 0.717) is 16.8 Å². The first-order valence-corrected chi connectivity index (χ1v) is 20.9. The minimum atomic E-state index is -0.625. The fourth-order valence-corrected chi connectivity index (χ4v) is 10.6. The van der Waals surface area contributed by atoms with Gasteiger partial charge in [0.25, 0.3) is 0 Å². The van der Waals surface area contributed by atoms with Crippen LogP contribution in [0.2, 0.25) is 0 Å². The van der Waals surface area contributed by atoms with Crippen molar-refractivity contribution in [1.82, 2.24) is 9.13 Å². The second-order valence-corrected chi connectivity index (χ2v) is 16.1. The minimum Gasteiger partial charge on any atom is -0.309 e. The lowest BCUT2D eigenvalue weighted by Gasteiger charge is -2.34. The Morgan fingerprint density at radius 3 is 1.46 bits per heavy atom. The highest BCUT2D eigenvalue weighted by atomic mass is 15.0. The van der Waals surface area contributed by atoms with Crippen LogP contribution in [0.5, 0.6) is 0 Å². The van der Waals surface area contributed by atoms with Crippen LogP contribution in [0.25, 0.3) is 77.2 Å². The number of hydrogen-bond acceptors (Lipinski definition) is 3. The van der Waals surface area contributed by atoms with Crippen molar-refractivity contribution >= 4 is 43.6 Å². The molecule has 0 amide bonds. The number of para-hydroxylation sites is 3. The molecule has 0 fully saturated rings. The predicted octanol–water partition coefficient (Wildman–Crippen LogP) is 13.5. The summed E-state index contributed by atoms with van der Waals surface area (Å²) in [6, 6.07) is 76.5. The number of aromatic nitrogens is 2. The van der Waals surface area contributed by atoms with Crippen LogP contribution < -0.4 is 0 Å². The molecule has 5 heteroatoms. The molecular formula is C58H33N5. The van der Waals surface area contributed by atoms with Crippen LogP contribution in [0, 0.1) is 34.0 Å². The molecule has 0 aliphatic heterocycles. The highest BCUT2D eigenvalue weighted by Gasteiger charge is 2.46. The van der Waals surface area contributed by atoms with Crippen LogP contribution in [0.1, 0.15) is 38.9 Å². The largest absolute Gasteiger partial charge is 0.309 e. The number of benzene rings is 9. The van der Waals surface area contributed by atoms with Crippen LogP contribution in [-0.2, 0) is 5.41 Å². The summed E-state index contributed by atoms with van der Waals surface area (Å²) in [7, 11) is 0. The molecule has 2 heterocycles. The average Bonchev–Trinajstić information content (AvgIpc) is 3.97. The van der Waals surface area contributed by atoms with Gasteiger partial charge in [-0.3, -0.25) is 0 Å². The predicted molar refractivity (Wildman–Crippen MR) is 252 cm³/mol. The molecule has 0 unspecified atom stereocenters. The van der Waals surface area contributed by atoms with Gasteiger partial charge in [-0.05, 0) is 81.9 Å². The first-order valence-electron chi connectivity index (χ1n) is 20.9. The van der Waals surface area contributed by atoms with Crippen molar-refractivity contribution in [3.63, 3.8) is 0 Å². The van der Waals surface area contributed by atoms with Gasteiger partial charge in [-0.1, -0.05) is 152 Å². The first-order chi connectivity index (χ1) is 31.1. The molecule has 63 heavy (non-hydrogen) atoms. The Morgan fingerprint density at radius 1 is 0.333 bits per heavy atom. The van der Waals surface area contributed by atoms with Crippen LogP contribution in [0.4, 0.5) is 0 Å². The third-order valence-corrected chi connectivity index (χ3v) is 13.1. The average molecular weight is 800 g/mol. The van der Waals surface area contributed by atoms with E-state index >= 15 is 0 Å². The summed E-state index contributed by atoms with van der Waals surface area (Å²) in [6.45, 7) is 0. The van der Waals surface area contributed by atoms with E-state index in [1.807, 2.05) is 54.6 Å². The van der Waals surface area contributed by atoms with Gasteiger partial charge in [0.05, 0.1) is 61.6 Å². The molecule has 0 bridgehead atoms. The van der Waals surface area contributed by atoms with Gasteiger partial charge in [-0.15, -0.1) is 0 Å². The normalized spacial score (nSPS) is 12.5. The van der Waals surface area contributed by atoms with Gasteiger partial charge in [0.15, 0.2) is 0 Å². The Labute approximate surface area is 363 Å². The van der Waals surface area contributed by atoms with E-state index in [2.05, 4.69) is 167 Å². The molecule has 1 aliphatic rings. The standard InChI is InChI=1S/C58H33N5/c59-34-37-27-28-45(40-29-30-55(49(36-61)48(40)35-60)62-52-24-12-8-20-42(52)43-21-9-13-25-53(43)62)56(31-37)63-54-26-14-10-22-44(54)47-32-46-41-19-7-11-23-50(41)58(51(46)33-57(47)63,38-15-3-1-4-16-38)39-17-5-2-6-18-39/h1-33H. The molecule has 0 spiro atoms. The van der Waals surface area contributed by atoms with E-state index < -0.39 is 5.41 Å². The maximum Gasteiger partial charge on any atom is 0.103 e. The second kappa shape index (κ2) is 13.8. The zero-order chi connectivity index (χ0) is 42.2. The van der Waals surface area contributed by atoms with Crippen molar-refractivity contribution in [3.05, 3.63) is 239 Å². The summed E-state index contributed by atoms with van der Waals surface area (Å²) in [6.07, 6.45) is 0. The van der Waals surface area contributed by atoms with Gasteiger partial charge >= 0.3 is 0 Å². The van der Waals surface area contributed by atoms with Gasteiger partial charge in [0.2, 0.25) is 0 Å². The molecule has 2 aromatic heterocycles. The Morgan fingerprint density at radius 2 is 0.857 bits per heavy atom. The zero-order valence-corrected chi connectivity index (χ0v) is 33.8. The van der Waals surface area contributed by atoms with Gasteiger partial charge in [-0.2, -0.15) is 15.8 Å². The molecular weight excluding hydrogens is 767 g/mol. The summed E-state index contributed by atoms with van der Waals surface area (Å²) in [5.74, 6) is 0. The SMILES string of the molecule is N#Cc1ccc(-c2ccc(-n3c4ccccc4c4ccccc43)c(C#N)c2C#N)c(-n2c3ccccc3c3cc4c(cc32)C(c2ccccc2)(c2ccccc2)c2ccccc2-4)c1. The van der Waals surface area contributed by atoms with Crippen molar-refractivity contribution in [3.8, 4) is 51.8 Å². The second-order valence-electron chi connectivity index (χ2n) is 16.1. The van der Waals surface area contributed by atoms with Crippen molar-refractivity contribution in [2.75, 3.05) is 0 Å². The first kappa shape index (κ1) is 35.9. The lowest BCUT2D eigenvalue weighted by Crippen LogP contribution is -2.28. The lowest BCUT2D eigenvalue weighted by molar-refractivity contribution is 0.769. The van der Waals surface area contributed by atoms with Crippen molar-refractivity contribution in [1.29, 1.82) is 15.8 Å². The highest BCUT2D eigenvalue weighted by Crippen LogP contribution is 2.57. The molecule has 0 radical (unpaired) electrons. The van der Waals surface area contributed by atoms with E-state index in [1.54, 1.807) is 6.07 Å². The molecule has 9 aromatic carbocycles. The number of nitriles is 3. The van der Waals surface area contributed by atoms with E-state index in [-0.39, 0.29) is 11.1 Å². The summed E-state index contributed by atoms with van der Waals surface area (Å²) < 4.78 is 4.34. The molecule has 11 aromatic rings. The Balaban J connectivity index is 1.17. The topological polar surface area (TPSA) is 81.2 Å². The third-order valence-electron chi connectivity index (χ3n) is 13.1. The molecule has 12 rings (SSSR count). The van der Waals surface area contributed by atoms with E-state index in [0.717, 1.165) is 60.4 Å². The summed E-state index contributed by atoms with van der Waals surface area (Å²) in [5, 5.41) is 36.8. The molecule has 0 saturated carbocycles. The highest BCUT2D eigenvalue weighted by molar-refractivity contribution is 6.13. The van der Waals surface area contributed by atoms with Crippen LogP contribution in [0.15, 0.2) is 200 Å².